The average molecular weight is 168 g/mol. The molecule has 3 rings (SSSR count). The maximum absolute atomic E-state index is 10.9. The number of carbonyl (C=O) groups is 1. The van der Waals surface area contributed by atoms with Crippen LogP contribution in [0.1, 0.15) is 19.8 Å². The minimum Gasteiger partial charge on any atom is -0.352 e. The number of hydrogen-bond acceptors (Lipinski definition) is 2. The third-order valence-electron chi connectivity index (χ3n) is 3.04. The summed E-state index contributed by atoms with van der Waals surface area (Å²) in [5.74, 6) is 0.868. The number of nitrogens with one attached hydrogen (secondary N) is 1. The van der Waals surface area contributed by atoms with E-state index >= 15 is 0 Å². The summed E-state index contributed by atoms with van der Waals surface area (Å²) >= 11 is 0. The Bertz CT molecular complexity index is 185. The first-order chi connectivity index (χ1) is 5.75. The van der Waals surface area contributed by atoms with Crippen LogP contribution in [0.3, 0.4) is 0 Å². The molecule has 3 saturated heterocycles. The summed E-state index contributed by atoms with van der Waals surface area (Å²) in [5.41, 5.74) is 0. The van der Waals surface area contributed by atoms with Crippen molar-refractivity contribution in [2.75, 3.05) is 19.6 Å². The van der Waals surface area contributed by atoms with E-state index in [1.54, 1.807) is 6.92 Å². The maximum Gasteiger partial charge on any atom is 0.217 e. The second-order valence-electron chi connectivity index (χ2n) is 3.95. The van der Waals surface area contributed by atoms with E-state index in [1.165, 1.54) is 25.9 Å². The SMILES string of the molecule is CC(=O)N[C@@H]1CN2CCC1CC2. The zero-order valence-corrected chi connectivity index (χ0v) is 7.55. The van der Waals surface area contributed by atoms with Gasteiger partial charge < -0.3 is 10.2 Å². The normalized spacial score (nSPS) is 39.6. The number of nitrogens with zero attached hydrogens (tertiary/aromatic N) is 1. The molecule has 3 nitrogen and oxygen atoms in total. The van der Waals surface area contributed by atoms with Crippen LogP contribution in [0.4, 0.5) is 0 Å². The van der Waals surface area contributed by atoms with Gasteiger partial charge in [-0.05, 0) is 31.8 Å². The molecule has 3 aliphatic heterocycles. The Labute approximate surface area is 73.1 Å². The average Bonchev–Trinajstić information content (AvgIpc) is 2.05. The third-order valence-corrected chi connectivity index (χ3v) is 3.04. The van der Waals surface area contributed by atoms with Gasteiger partial charge in [-0.1, -0.05) is 0 Å². The van der Waals surface area contributed by atoms with Crippen LogP contribution in [0.5, 0.6) is 0 Å². The summed E-state index contributed by atoms with van der Waals surface area (Å²) in [6, 6.07) is 0.435. The van der Waals surface area contributed by atoms with Crippen molar-refractivity contribution in [2.45, 2.75) is 25.8 Å². The van der Waals surface area contributed by atoms with Crippen LogP contribution in [0, 0.1) is 5.92 Å². The van der Waals surface area contributed by atoms with Crippen LogP contribution in [0.25, 0.3) is 0 Å². The molecule has 0 radical (unpaired) electrons. The van der Waals surface area contributed by atoms with Crippen molar-refractivity contribution in [1.82, 2.24) is 10.2 Å². The van der Waals surface area contributed by atoms with Crippen LogP contribution in [-0.2, 0) is 4.79 Å². The Morgan fingerprint density at radius 2 is 2.08 bits per heavy atom. The smallest absolute Gasteiger partial charge is 0.217 e. The van der Waals surface area contributed by atoms with Crippen molar-refractivity contribution in [3.05, 3.63) is 0 Å². The highest BCUT2D eigenvalue weighted by atomic mass is 16.1. The summed E-state index contributed by atoms with van der Waals surface area (Å²) in [7, 11) is 0. The van der Waals surface area contributed by atoms with Gasteiger partial charge in [0.2, 0.25) is 5.91 Å². The van der Waals surface area contributed by atoms with Gasteiger partial charge in [-0.2, -0.15) is 0 Å². The largest absolute Gasteiger partial charge is 0.352 e. The Kier molecular flexibility index (Phi) is 2.05. The molecule has 1 amide bonds. The molecule has 0 unspecified atom stereocenters. The highest BCUT2D eigenvalue weighted by Crippen LogP contribution is 2.27. The van der Waals surface area contributed by atoms with Gasteiger partial charge in [-0.3, -0.25) is 4.79 Å². The minimum absolute atomic E-state index is 0.119. The molecule has 12 heavy (non-hydrogen) atoms. The second kappa shape index (κ2) is 3.05. The Morgan fingerprint density at radius 1 is 1.42 bits per heavy atom. The van der Waals surface area contributed by atoms with Crippen LogP contribution in [0.15, 0.2) is 0 Å². The van der Waals surface area contributed by atoms with Gasteiger partial charge in [0.05, 0.1) is 0 Å². The third kappa shape index (κ3) is 1.46. The fourth-order valence-corrected chi connectivity index (χ4v) is 2.39. The predicted molar refractivity (Wildman–Crippen MR) is 46.8 cm³/mol. The quantitative estimate of drug-likeness (QED) is 0.607. The summed E-state index contributed by atoms with van der Waals surface area (Å²) in [6.45, 7) is 5.16. The van der Waals surface area contributed by atoms with E-state index in [2.05, 4.69) is 10.2 Å². The van der Waals surface area contributed by atoms with Gasteiger partial charge in [0.1, 0.15) is 0 Å². The van der Waals surface area contributed by atoms with E-state index in [9.17, 15) is 4.79 Å². The molecular weight excluding hydrogens is 152 g/mol. The molecule has 0 spiro atoms. The fourth-order valence-electron chi connectivity index (χ4n) is 2.39. The van der Waals surface area contributed by atoms with Crippen molar-refractivity contribution in [1.29, 1.82) is 0 Å². The molecule has 0 aromatic heterocycles. The number of amides is 1. The highest BCUT2D eigenvalue weighted by molar-refractivity contribution is 5.73. The lowest BCUT2D eigenvalue weighted by Crippen LogP contribution is -2.56. The lowest BCUT2D eigenvalue weighted by Gasteiger charge is -2.44. The van der Waals surface area contributed by atoms with Gasteiger partial charge in [-0.15, -0.1) is 0 Å². The van der Waals surface area contributed by atoms with Crippen LogP contribution in [0.2, 0.25) is 0 Å². The molecule has 0 aromatic carbocycles. The van der Waals surface area contributed by atoms with E-state index in [0.717, 1.165) is 12.5 Å². The molecule has 68 valence electrons. The summed E-state index contributed by atoms with van der Waals surface area (Å²) in [5, 5.41) is 3.03. The number of rotatable bonds is 1. The highest BCUT2D eigenvalue weighted by Gasteiger charge is 2.34. The van der Waals surface area contributed by atoms with Gasteiger partial charge in [0, 0.05) is 19.5 Å². The fraction of sp³-hybridized carbons (Fsp3) is 0.889. The van der Waals surface area contributed by atoms with Gasteiger partial charge >= 0.3 is 0 Å². The molecule has 0 aliphatic carbocycles. The Hall–Kier alpha value is -0.570. The molecule has 2 bridgehead atoms. The molecule has 1 atom stereocenters. The molecular formula is C9H16N2O. The first-order valence-corrected chi connectivity index (χ1v) is 4.75. The zero-order valence-electron chi connectivity index (χ0n) is 7.55. The lowest BCUT2D eigenvalue weighted by atomic mass is 9.84. The van der Waals surface area contributed by atoms with Gasteiger partial charge in [0.25, 0.3) is 0 Å². The summed E-state index contributed by atoms with van der Waals surface area (Å²) in [4.78, 5) is 13.3. The van der Waals surface area contributed by atoms with Crippen molar-refractivity contribution < 1.29 is 4.79 Å². The Balaban J connectivity index is 1.95. The topological polar surface area (TPSA) is 32.3 Å². The summed E-state index contributed by atoms with van der Waals surface area (Å²) < 4.78 is 0. The second-order valence-corrected chi connectivity index (χ2v) is 3.95. The summed E-state index contributed by atoms with van der Waals surface area (Å²) in [6.07, 6.45) is 2.54. The molecule has 3 fully saturated rings. The van der Waals surface area contributed by atoms with Gasteiger partial charge in [0.15, 0.2) is 0 Å². The molecule has 0 saturated carbocycles. The van der Waals surface area contributed by atoms with Crippen molar-refractivity contribution in [2.24, 2.45) is 5.92 Å². The first-order valence-electron chi connectivity index (χ1n) is 4.75. The monoisotopic (exact) mass is 168 g/mol. The van der Waals surface area contributed by atoms with E-state index < -0.39 is 0 Å². The van der Waals surface area contributed by atoms with Gasteiger partial charge in [-0.25, -0.2) is 0 Å². The number of piperidine rings is 3. The molecule has 3 aliphatic rings. The van der Waals surface area contributed by atoms with Crippen molar-refractivity contribution in [3.63, 3.8) is 0 Å². The van der Waals surface area contributed by atoms with Crippen LogP contribution in [-0.4, -0.2) is 36.5 Å². The molecule has 3 heterocycles. The van der Waals surface area contributed by atoms with Crippen molar-refractivity contribution in [3.8, 4) is 0 Å². The maximum atomic E-state index is 10.9. The number of fused-ring (bicyclic) bond motifs is 3. The van der Waals surface area contributed by atoms with Crippen molar-refractivity contribution >= 4 is 5.91 Å². The lowest BCUT2D eigenvalue weighted by molar-refractivity contribution is -0.121. The minimum atomic E-state index is 0.119. The molecule has 0 aromatic rings. The van der Waals surface area contributed by atoms with Crippen LogP contribution < -0.4 is 5.32 Å². The standard InChI is InChI=1S/C9H16N2O/c1-7(12)10-9-6-11-4-2-8(9)3-5-11/h8-9H,2-6H2,1H3,(H,10,12)/t9-/m1/s1. The van der Waals surface area contributed by atoms with E-state index in [0.29, 0.717) is 6.04 Å². The van der Waals surface area contributed by atoms with E-state index in [1.807, 2.05) is 0 Å². The van der Waals surface area contributed by atoms with Crippen LogP contribution >= 0.6 is 0 Å². The molecule has 1 N–H and O–H groups in total. The number of carbonyl (C=O) groups excluding carboxylic acids is 1. The van der Waals surface area contributed by atoms with E-state index in [4.69, 9.17) is 0 Å². The Morgan fingerprint density at radius 3 is 2.50 bits per heavy atom. The predicted octanol–water partition coefficient (Wildman–Crippen LogP) is 0.217. The van der Waals surface area contributed by atoms with E-state index in [-0.39, 0.29) is 5.91 Å². The molecule has 3 heteroatoms. The zero-order chi connectivity index (χ0) is 8.55. The number of hydrogen-bond donors (Lipinski definition) is 1. The first kappa shape index (κ1) is 8.05.